The highest BCUT2D eigenvalue weighted by Crippen LogP contribution is 2.55. The normalized spacial score (nSPS) is 30.2. The topological polar surface area (TPSA) is 98.2 Å². The molecule has 6 atom stereocenters. The fourth-order valence-electron chi connectivity index (χ4n) is 8.07. The van der Waals surface area contributed by atoms with Crippen molar-refractivity contribution in [1.82, 2.24) is 5.32 Å². The minimum absolute atomic E-state index is 0.0325. The molecule has 47 heavy (non-hydrogen) atoms. The van der Waals surface area contributed by atoms with Crippen LogP contribution in [0.1, 0.15) is 71.5 Å². The van der Waals surface area contributed by atoms with Gasteiger partial charge in [0.2, 0.25) is 5.91 Å². The number of carbonyl (C=O) groups is 2. The standard InChI is InChI=1S/C35H35F4N3O5/c1-45-28-13-21(17-4-5-17)23(31-25-14-46-15-29(25)47-42-31)12-24(28)33(43)41-32-20-8-7-19(22(20)10-16-2-3-16)30(32)34(44)40-18-6-9-27(36)26(11-18)35(37,38)39/h6,9-13,16-17,19-20,25,29-30,32H,2-5,7-8,14-15H2,1H3,(H,40,44)(H,41,43)/b22-10-/t19?,20-,25?,29?,30+,32-/m1/s1. The quantitative estimate of drug-likeness (QED) is 0.261. The Bertz CT molecular complexity index is 1700. The lowest BCUT2D eigenvalue weighted by atomic mass is 9.83. The molecule has 2 heterocycles. The molecular formula is C35H35F4N3O5. The van der Waals surface area contributed by atoms with Crippen LogP contribution in [-0.4, -0.2) is 50.0 Å². The second-order valence-corrected chi connectivity index (χ2v) is 13.7. The number of nitrogens with one attached hydrogen (secondary N) is 2. The van der Waals surface area contributed by atoms with Crippen LogP contribution in [0.5, 0.6) is 5.75 Å². The number of ether oxygens (including phenoxy) is 2. The number of allylic oxidation sites excluding steroid dienone is 1. The van der Waals surface area contributed by atoms with Gasteiger partial charge in [-0.15, -0.1) is 0 Å². The summed E-state index contributed by atoms with van der Waals surface area (Å²) >= 11 is 0. The first-order valence-corrected chi connectivity index (χ1v) is 16.3. The molecule has 2 aromatic carbocycles. The number of anilines is 1. The van der Waals surface area contributed by atoms with Gasteiger partial charge < -0.3 is 24.9 Å². The maximum Gasteiger partial charge on any atom is 0.419 e. The fraction of sp³-hybridized carbons (Fsp3) is 0.514. The van der Waals surface area contributed by atoms with Gasteiger partial charge in [-0.05, 0) is 92.2 Å². The highest BCUT2D eigenvalue weighted by Gasteiger charge is 2.55. The lowest BCUT2D eigenvalue weighted by molar-refractivity contribution is -0.140. The van der Waals surface area contributed by atoms with E-state index in [4.69, 9.17) is 14.3 Å². The maximum absolute atomic E-state index is 14.2. The lowest BCUT2D eigenvalue weighted by Gasteiger charge is -2.30. The Hall–Kier alpha value is -3.93. The first-order chi connectivity index (χ1) is 22.6. The van der Waals surface area contributed by atoms with E-state index in [0.717, 1.165) is 67.0 Å². The molecule has 12 heteroatoms. The molecule has 248 valence electrons. The SMILES string of the molecule is COc1cc(C2CC2)c(C2=NOC3COCC23)cc1C(=O)N[C@@H]1[C@@H]2CCC(/C2=C/C2CC2)[C@@H]1C(=O)Nc1ccc(F)c(C(F)(F)F)c1. The van der Waals surface area contributed by atoms with Crippen LogP contribution >= 0.6 is 0 Å². The number of alkyl halides is 3. The van der Waals surface area contributed by atoms with Crippen molar-refractivity contribution >= 4 is 23.2 Å². The summed E-state index contributed by atoms with van der Waals surface area (Å²) in [6.07, 6.45) is 2.87. The van der Waals surface area contributed by atoms with Crippen molar-refractivity contribution in [2.45, 2.75) is 62.8 Å². The minimum atomic E-state index is -4.91. The monoisotopic (exact) mass is 653 g/mol. The number of hydrogen-bond donors (Lipinski definition) is 2. The van der Waals surface area contributed by atoms with Crippen LogP contribution in [0.2, 0.25) is 0 Å². The van der Waals surface area contributed by atoms with Gasteiger partial charge in [0, 0.05) is 23.2 Å². The Balaban J connectivity index is 1.11. The van der Waals surface area contributed by atoms with Crippen LogP contribution in [0.15, 0.2) is 47.1 Å². The molecule has 8 rings (SSSR count). The van der Waals surface area contributed by atoms with E-state index in [1.54, 1.807) is 0 Å². The Labute approximate surface area is 268 Å². The molecule has 3 unspecified atom stereocenters. The van der Waals surface area contributed by atoms with E-state index in [-0.39, 0.29) is 29.5 Å². The van der Waals surface area contributed by atoms with Gasteiger partial charge in [0.1, 0.15) is 11.6 Å². The number of rotatable bonds is 8. The number of fused-ring (bicyclic) bond motifs is 3. The summed E-state index contributed by atoms with van der Waals surface area (Å²) in [6, 6.07) is 5.55. The van der Waals surface area contributed by atoms with Gasteiger partial charge in [0.15, 0.2) is 6.10 Å². The Morgan fingerprint density at radius 1 is 1.00 bits per heavy atom. The summed E-state index contributed by atoms with van der Waals surface area (Å²) in [4.78, 5) is 33.7. The molecule has 1 saturated heterocycles. The average Bonchev–Trinajstić information content (AvgIpc) is 3.90. The van der Waals surface area contributed by atoms with Gasteiger partial charge >= 0.3 is 6.18 Å². The number of benzene rings is 2. The van der Waals surface area contributed by atoms with Crippen LogP contribution in [0.25, 0.3) is 0 Å². The minimum Gasteiger partial charge on any atom is -0.496 e. The van der Waals surface area contributed by atoms with E-state index < -0.39 is 41.3 Å². The molecule has 4 saturated carbocycles. The molecule has 2 aliphatic heterocycles. The smallest absolute Gasteiger partial charge is 0.419 e. The molecule has 2 bridgehead atoms. The van der Waals surface area contributed by atoms with E-state index >= 15 is 0 Å². The third-order valence-electron chi connectivity index (χ3n) is 10.7. The Morgan fingerprint density at radius 3 is 2.51 bits per heavy atom. The number of oxime groups is 1. The van der Waals surface area contributed by atoms with Gasteiger partial charge in [-0.2, -0.15) is 13.2 Å². The number of carbonyl (C=O) groups excluding carboxylic acids is 2. The number of hydrogen-bond acceptors (Lipinski definition) is 6. The Morgan fingerprint density at radius 2 is 1.79 bits per heavy atom. The van der Waals surface area contributed by atoms with Gasteiger partial charge in [0.25, 0.3) is 5.91 Å². The molecule has 2 N–H and O–H groups in total. The summed E-state index contributed by atoms with van der Waals surface area (Å²) < 4.78 is 65.6. The zero-order chi connectivity index (χ0) is 32.6. The zero-order valence-electron chi connectivity index (χ0n) is 25.7. The van der Waals surface area contributed by atoms with Gasteiger partial charge in [-0.3, -0.25) is 9.59 Å². The van der Waals surface area contributed by atoms with Gasteiger partial charge in [-0.1, -0.05) is 16.8 Å². The third-order valence-corrected chi connectivity index (χ3v) is 10.7. The highest BCUT2D eigenvalue weighted by molar-refractivity contribution is 6.08. The summed E-state index contributed by atoms with van der Waals surface area (Å²) in [5.74, 6) is -2.15. The van der Waals surface area contributed by atoms with Crippen LogP contribution < -0.4 is 15.4 Å². The fourth-order valence-corrected chi connectivity index (χ4v) is 8.07. The molecule has 2 amide bonds. The zero-order valence-corrected chi connectivity index (χ0v) is 25.7. The van der Waals surface area contributed by atoms with Crippen molar-refractivity contribution in [3.63, 3.8) is 0 Å². The van der Waals surface area contributed by atoms with E-state index in [0.29, 0.717) is 48.5 Å². The number of methoxy groups -OCH3 is 1. The van der Waals surface area contributed by atoms with Crippen molar-refractivity contribution in [3.05, 3.63) is 70.1 Å². The van der Waals surface area contributed by atoms with Crippen molar-refractivity contribution in [3.8, 4) is 5.75 Å². The third kappa shape index (κ3) is 5.48. The van der Waals surface area contributed by atoms with E-state index in [1.165, 1.54) is 7.11 Å². The number of halogens is 4. The molecule has 4 aliphatic carbocycles. The largest absolute Gasteiger partial charge is 0.496 e. The van der Waals surface area contributed by atoms with Crippen LogP contribution in [-0.2, 0) is 20.5 Å². The van der Waals surface area contributed by atoms with Gasteiger partial charge in [-0.25, -0.2) is 4.39 Å². The number of amides is 2. The van der Waals surface area contributed by atoms with Crippen molar-refractivity contribution < 1.29 is 41.5 Å². The van der Waals surface area contributed by atoms with E-state index in [9.17, 15) is 27.2 Å². The van der Waals surface area contributed by atoms with Crippen molar-refractivity contribution in [1.29, 1.82) is 0 Å². The predicted molar refractivity (Wildman–Crippen MR) is 162 cm³/mol. The molecule has 6 aliphatic rings. The maximum atomic E-state index is 14.2. The molecule has 0 radical (unpaired) electrons. The number of nitrogens with zero attached hydrogens (tertiary/aromatic N) is 1. The summed E-state index contributed by atoms with van der Waals surface area (Å²) in [5.41, 5.74) is 2.49. The van der Waals surface area contributed by atoms with Gasteiger partial charge in [0.05, 0.1) is 49.0 Å². The first kappa shape index (κ1) is 30.4. The second kappa shape index (κ2) is 11.4. The van der Waals surface area contributed by atoms with Crippen LogP contribution in [0.4, 0.5) is 23.2 Å². The molecule has 2 aromatic rings. The molecular weight excluding hydrogens is 618 g/mol. The Kier molecular flexibility index (Phi) is 7.34. The van der Waals surface area contributed by atoms with Crippen LogP contribution in [0, 0.1) is 35.4 Å². The predicted octanol–water partition coefficient (Wildman–Crippen LogP) is 6.21. The van der Waals surface area contributed by atoms with Crippen molar-refractivity contribution in [2.24, 2.45) is 34.7 Å². The average molecular weight is 654 g/mol. The molecule has 5 fully saturated rings. The summed E-state index contributed by atoms with van der Waals surface area (Å²) in [7, 11) is 1.52. The van der Waals surface area contributed by atoms with E-state index in [1.807, 2.05) is 12.1 Å². The van der Waals surface area contributed by atoms with E-state index in [2.05, 4.69) is 21.9 Å². The molecule has 0 spiro atoms. The van der Waals surface area contributed by atoms with Crippen molar-refractivity contribution in [2.75, 3.05) is 25.6 Å². The van der Waals surface area contributed by atoms with Crippen LogP contribution in [0.3, 0.4) is 0 Å². The lowest BCUT2D eigenvalue weighted by Crippen LogP contribution is -2.48. The second-order valence-electron chi connectivity index (χ2n) is 13.7. The summed E-state index contributed by atoms with van der Waals surface area (Å²) in [5, 5.41) is 10.2. The highest BCUT2D eigenvalue weighted by atomic mass is 19.4. The molecule has 8 nitrogen and oxygen atoms in total. The molecule has 0 aromatic heterocycles. The summed E-state index contributed by atoms with van der Waals surface area (Å²) in [6.45, 7) is 0.942. The first-order valence-electron chi connectivity index (χ1n) is 16.3.